The van der Waals surface area contributed by atoms with Crippen LogP contribution in [0.1, 0.15) is 53.4 Å². The van der Waals surface area contributed by atoms with Crippen molar-refractivity contribution in [2.75, 3.05) is 13.1 Å². The van der Waals surface area contributed by atoms with Gasteiger partial charge in [0.15, 0.2) is 0 Å². The minimum Gasteiger partial charge on any atom is -0.335 e. The molecule has 0 radical (unpaired) electrons. The van der Waals surface area contributed by atoms with Gasteiger partial charge < -0.3 is 4.90 Å². The summed E-state index contributed by atoms with van der Waals surface area (Å²) in [5.41, 5.74) is 2.70. The maximum atomic E-state index is 11.9. The van der Waals surface area contributed by atoms with Gasteiger partial charge in [-0.3, -0.25) is 4.79 Å². The summed E-state index contributed by atoms with van der Waals surface area (Å²) < 4.78 is 0. The van der Waals surface area contributed by atoms with Crippen molar-refractivity contribution >= 4 is 5.91 Å². The number of hydrogen-bond acceptors (Lipinski definition) is 1. The van der Waals surface area contributed by atoms with E-state index in [9.17, 15) is 4.79 Å². The van der Waals surface area contributed by atoms with Gasteiger partial charge in [0.25, 0.3) is 0 Å². The first-order valence-electron chi connectivity index (χ1n) is 7.18. The third kappa shape index (κ3) is 9.29. The predicted molar refractivity (Wildman–Crippen MR) is 84.1 cm³/mol. The van der Waals surface area contributed by atoms with E-state index in [4.69, 9.17) is 0 Å². The fraction of sp³-hybridized carbons (Fsp3) is 0.588. The quantitative estimate of drug-likeness (QED) is 0.561. The van der Waals surface area contributed by atoms with Crippen LogP contribution in [0.5, 0.6) is 0 Å². The molecule has 0 unspecified atom stereocenters. The van der Waals surface area contributed by atoms with Crippen LogP contribution in [0.25, 0.3) is 0 Å². The largest absolute Gasteiger partial charge is 0.335 e. The summed E-state index contributed by atoms with van der Waals surface area (Å²) in [4.78, 5) is 13.8. The minimum atomic E-state index is 0.218. The average molecular weight is 263 g/mol. The van der Waals surface area contributed by atoms with Crippen LogP contribution in [0.15, 0.2) is 36.0 Å². The van der Waals surface area contributed by atoms with Gasteiger partial charge in [-0.1, -0.05) is 36.3 Å². The van der Waals surface area contributed by atoms with Crippen LogP contribution in [0.3, 0.4) is 0 Å². The first-order valence-corrected chi connectivity index (χ1v) is 7.18. The third-order valence-corrected chi connectivity index (χ3v) is 2.92. The summed E-state index contributed by atoms with van der Waals surface area (Å²) in [5, 5.41) is 0. The van der Waals surface area contributed by atoms with Crippen LogP contribution >= 0.6 is 0 Å². The fourth-order valence-electron chi connectivity index (χ4n) is 1.76. The maximum Gasteiger partial charge on any atom is 0.223 e. The van der Waals surface area contributed by atoms with Gasteiger partial charge in [0.2, 0.25) is 5.91 Å². The monoisotopic (exact) mass is 263 g/mol. The van der Waals surface area contributed by atoms with Gasteiger partial charge >= 0.3 is 0 Å². The molecule has 0 aromatic rings. The molecule has 0 aliphatic heterocycles. The summed E-state index contributed by atoms with van der Waals surface area (Å²) in [6, 6.07) is 0. The summed E-state index contributed by atoms with van der Waals surface area (Å²) in [6.45, 7) is 13.5. The summed E-state index contributed by atoms with van der Waals surface area (Å²) in [7, 11) is 0. The Kier molecular flexibility index (Phi) is 9.87. The predicted octanol–water partition coefficient (Wildman–Crippen LogP) is 4.49. The number of rotatable bonds is 9. The van der Waals surface area contributed by atoms with E-state index >= 15 is 0 Å². The number of carbonyl (C=O) groups excluding carboxylic acids is 1. The fourth-order valence-corrected chi connectivity index (χ4v) is 1.76. The van der Waals surface area contributed by atoms with Crippen molar-refractivity contribution in [2.24, 2.45) is 0 Å². The van der Waals surface area contributed by atoms with Crippen LogP contribution in [0.4, 0.5) is 0 Å². The van der Waals surface area contributed by atoms with Gasteiger partial charge in [0.1, 0.15) is 0 Å². The molecule has 1 amide bonds. The van der Waals surface area contributed by atoms with E-state index in [0.29, 0.717) is 19.5 Å². The molecule has 2 nitrogen and oxygen atoms in total. The molecular weight excluding hydrogens is 234 g/mol. The van der Waals surface area contributed by atoms with Gasteiger partial charge in [-0.2, -0.15) is 0 Å². The molecule has 2 heteroatoms. The molecule has 108 valence electrons. The van der Waals surface area contributed by atoms with Crippen LogP contribution < -0.4 is 0 Å². The van der Waals surface area contributed by atoms with Crippen molar-refractivity contribution < 1.29 is 4.79 Å². The Balaban J connectivity index is 4.31. The molecule has 0 saturated heterocycles. The van der Waals surface area contributed by atoms with Crippen molar-refractivity contribution in [1.82, 2.24) is 4.90 Å². The zero-order valence-corrected chi connectivity index (χ0v) is 13.0. The zero-order chi connectivity index (χ0) is 14.7. The number of amides is 1. The standard InChI is InChI=1S/C17H29NO/c1-6-9-17(19)18(13-7-2)14-12-16(5)11-8-10-15(3)4/h7,10,12H,2,6,8-9,11,13-14H2,1,3-5H3/b16-12-. The second-order valence-electron chi connectivity index (χ2n) is 5.21. The molecule has 0 aromatic heterocycles. The van der Waals surface area contributed by atoms with Gasteiger partial charge in [-0.25, -0.2) is 0 Å². The van der Waals surface area contributed by atoms with Crippen LogP contribution in [-0.2, 0) is 4.79 Å². The van der Waals surface area contributed by atoms with Gasteiger partial charge in [-0.15, -0.1) is 6.58 Å². The number of carbonyl (C=O) groups is 1. The van der Waals surface area contributed by atoms with E-state index in [1.54, 1.807) is 6.08 Å². The van der Waals surface area contributed by atoms with Crippen molar-refractivity contribution in [3.8, 4) is 0 Å². The highest BCUT2D eigenvalue weighted by atomic mass is 16.2. The smallest absolute Gasteiger partial charge is 0.223 e. The Morgan fingerprint density at radius 2 is 1.79 bits per heavy atom. The average Bonchev–Trinajstić information content (AvgIpc) is 2.34. The first kappa shape index (κ1) is 17.7. The summed E-state index contributed by atoms with van der Waals surface area (Å²) in [6.07, 6.45) is 9.87. The van der Waals surface area contributed by atoms with Crippen molar-refractivity contribution in [1.29, 1.82) is 0 Å². The van der Waals surface area contributed by atoms with Crippen molar-refractivity contribution in [3.63, 3.8) is 0 Å². The van der Waals surface area contributed by atoms with E-state index in [1.807, 2.05) is 11.8 Å². The summed E-state index contributed by atoms with van der Waals surface area (Å²) in [5.74, 6) is 0.218. The van der Waals surface area contributed by atoms with Crippen LogP contribution in [0.2, 0.25) is 0 Å². The Morgan fingerprint density at radius 1 is 1.11 bits per heavy atom. The van der Waals surface area contributed by atoms with E-state index in [0.717, 1.165) is 19.3 Å². The van der Waals surface area contributed by atoms with Gasteiger partial charge in [0.05, 0.1) is 0 Å². The molecule has 19 heavy (non-hydrogen) atoms. The SMILES string of the molecule is C=CCN(C/C=C(/C)CCC=C(C)C)C(=O)CCC. The second kappa shape index (κ2) is 10.6. The normalized spacial score (nSPS) is 11.1. The molecule has 0 bridgehead atoms. The lowest BCUT2D eigenvalue weighted by Crippen LogP contribution is -2.31. The van der Waals surface area contributed by atoms with E-state index in [-0.39, 0.29) is 5.91 Å². The van der Waals surface area contributed by atoms with E-state index < -0.39 is 0 Å². The third-order valence-electron chi connectivity index (χ3n) is 2.92. The van der Waals surface area contributed by atoms with Crippen LogP contribution in [0, 0.1) is 0 Å². The highest BCUT2D eigenvalue weighted by Gasteiger charge is 2.08. The maximum absolute atomic E-state index is 11.9. The summed E-state index contributed by atoms with van der Waals surface area (Å²) >= 11 is 0. The van der Waals surface area contributed by atoms with Crippen LogP contribution in [-0.4, -0.2) is 23.9 Å². The molecule has 0 aliphatic carbocycles. The molecule has 0 rings (SSSR count). The molecule has 0 aromatic carbocycles. The van der Waals surface area contributed by atoms with Gasteiger partial charge in [-0.05, 0) is 40.0 Å². The van der Waals surface area contributed by atoms with Gasteiger partial charge in [0, 0.05) is 19.5 Å². The van der Waals surface area contributed by atoms with Crippen molar-refractivity contribution in [3.05, 3.63) is 36.0 Å². The molecule has 0 spiro atoms. The zero-order valence-electron chi connectivity index (χ0n) is 13.0. The molecule has 0 heterocycles. The molecule has 0 saturated carbocycles. The molecule has 0 fully saturated rings. The molecule has 0 aliphatic rings. The lowest BCUT2D eigenvalue weighted by atomic mass is 10.1. The highest BCUT2D eigenvalue weighted by molar-refractivity contribution is 5.76. The number of allylic oxidation sites excluding steroid dienone is 3. The molecular formula is C17H29NO. The van der Waals surface area contributed by atoms with Crippen molar-refractivity contribution in [2.45, 2.75) is 53.4 Å². The lowest BCUT2D eigenvalue weighted by Gasteiger charge is -2.19. The first-order chi connectivity index (χ1) is 9.01. The molecule has 0 atom stereocenters. The number of nitrogens with zero attached hydrogens (tertiary/aromatic N) is 1. The lowest BCUT2D eigenvalue weighted by molar-refractivity contribution is -0.130. The number of hydrogen-bond donors (Lipinski definition) is 0. The highest BCUT2D eigenvalue weighted by Crippen LogP contribution is 2.07. The van der Waals surface area contributed by atoms with E-state index in [1.165, 1.54) is 11.1 Å². The van der Waals surface area contributed by atoms with E-state index in [2.05, 4.69) is 39.5 Å². The second-order valence-corrected chi connectivity index (χ2v) is 5.21. The topological polar surface area (TPSA) is 20.3 Å². The Labute approximate surface area is 118 Å². The Bertz CT molecular complexity index is 335. The Morgan fingerprint density at radius 3 is 2.32 bits per heavy atom. The minimum absolute atomic E-state index is 0.218. The molecule has 0 N–H and O–H groups in total. The Hall–Kier alpha value is -1.31.